The lowest BCUT2D eigenvalue weighted by Gasteiger charge is -2.20. The van der Waals surface area contributed by atoms with E-state index in [0.29, 0.717) is 16.5 Å². The molecule has 1 nitrogen and oxygen atoms in total. The van der Waals surface area contributed by atoms with E-state index in [0.717, 1.165) is 24.1 Å². The van der Waals surface area contributed by atoms with Crippen molar-refractivity contribution in [2.75, 3.05) is 6.54 Å². The summed E-state index contributed by atoms with van der Waals surface area (Å²) in [6.07, 6.45) is 1.68. The fourth-order valence-electron chi connectivity index (χ4n) is 2.27. The molecule has 0 heterocycles. The third-order valence-electron chi connectivity index (χ3n) is 3.32. The summed E-state index contributed by atoms with van der Waals surface area (Å²) in [6.45, 7) is 2.96. The Bertz CT molecular complexity index is 601. The topological polar surface area (TPSA) is 12.0 Å². The second-order valence-electron chi connectivity index (χ2n) is 5.00. The highest BCUT2D eigenvalue weighted by atomic mass is 35.5. The van der Waals surface area contributed by atoms with Gasteiger partial charge < -0.3 is 5.32 Å². The smallest absolute Gasteiger partial charge is 0.123 e. The maximum Gasteiger partial charge on any atom is 0.123 e. The van der Waals surface area contributed by atoms with Crippen LogP contribution in [0.5, 0.6) is 0 Å². The molecule has 2 aromatic carbocycles. The van der Waals surface area contributed by atoms with E-state index >= 15 is 0 Å². The summed E-state index contributed by atoms with van der Waals surface area (Å²) in [4.78, 5) is 0. The molecule has 0 radical (unpaired) electrons. The third-order valence-corrected chi connectivity index (χ3v) is 3.93. The molecule has 1 unspecified atom stereocenters. The normalized spacial score (nSPS) is 12.4. The summed E-state index contributed by atoms with van der Waals surface area (Å²) >= 11 is 12.3. The molecule has 0 spiro atoms. The first kappa shape index (κ1) is 16.3. The molecule has 21 heavy (non-hydrogen) atoms. The molecule has 1 atom stereocenters. The zero-order valence-electron chi connectivity index (χ0n) is 11.9. The maximum absolute atomic E-state index is 13.5. The van der Waals surface area contributed by atoms with Crippen LogP contribution in [0.2, 0.25) is 10.0 Å². The zero-order valence-corrected chi connectivity index (χ0v) is 13.4. The fraction of sp³-hybridized carbons (Fsp3) is 0.294. The van der Waals surface area contributed by atoms with Crippen molar-refractivity contribution in [2.24, 2.45) is 0 Å². The molecule has 1 N–H and O–H groups in total. The molecule has 2 rings (SSSR count). The van der Waals surface area contributed by atoms with Gasteiger partial charge in [0.15, 0.2) is 0 Å². The summed E-state index contributed by atoms with van der Waals surface area (Å²) in [5.74, 6) is -0.229. The molecule has 0 bridgehead atoms. The number of halogens is 3. The minimum Gasteiger partial charge on any atom is -0.310 e. The van der Waals surface area contributed by atoms with E-state index in [-0.39, 0.29) is 11.9 Å². The van der Waals surface area contributed by atoms with E-state index in [2.05, 4.69) is 12.2 Å². The molecular weight excluding hydrogens is 308 g/mol. The van der Waals surface area contributed by atoms with Crippen LogP contribution in [0.25, 0.3) is 0 Å². The van der Waals surface area contributed by atoms with Crippen molar-refractivity contribution in [2.45, 2.75) is 25.8 Å². The van der Waals surface area contributed by atoms with Crippen molar-refractivity contribution in [1.82, 2.24) is 5.32 Å². The Labute approximate surface area is 135 Å². The van der Waals surface area contributed by atoms with Gasteiger partial charge in [0.05, 0.1) is 0 Å². The predicted octanol–water partition coefficient (Wildman–Crippen LogP) is 5.42. The Balaban J connectivity index is 2.25. The number of hydrogen-bond acceptors (Lipinski definition) is 1. The fourth-order valence-corrected chi connectivity index (χ4v) is 2.66. The van der Waals surface area contributed by atoms with Crippen LogP contribution >= 0.6 is 23.2 Å². The SMILES string of the molecule is CCCNC(Cc1cc(Cl)ccc1Cl)c1cccc(F)c1. The number of benzene rings is 2. The van der Waals surface area contributed by atoms with Gasteiger partial charge in [0.2, 0.25) is 0 Å². The first-order valence-corrected chi connectivity index (χ1v) is 7.78. The molecule has 4 heteroatoms. The Morgan fingerprint density at radius 1 is 1.14 bits per heavy atom. The number of nitrogens with one attached hydrogen (secondary N) is 1. The van der Waals surface area contributed by atoms with Crippen molar-refractivity contribution in [3.63, 3.8) is 0 Å². The van der Waals surface area contributed by atoms with Crippen molar-refractivity contribution < 1.29 is 4.39 Å². The molecule has 0 aliphatic carbocycles. The van der Waals surface area contributed by atoms with Crippen LogP contribution in [0, 0.1) is 5.82 Å². The molecule has 0 saturated heterocycles. The summed E-state index contributed by atoms with van der Waals surface area (Å²) in [5.41, 5.74) is 1.88. The highest BCUT2D eigenvalue weighted by Crippen LogP contribution is 2.26. The van der Waals surface area contributed by atoms with Crippen LogP contribution in [0.1, 0.15) is 30.5 Å². The minimum absolute atomic E-state index is 0.0108. The van der Waals surface area contributed by atoms with Gasteiger partial charge in [-0.25, -0.2) is 4.39 Å². The van der Waals surface area contributed by atoms with Gasteiger partial charge in [-0.2, -0.15) is 0 Å². The van der Waals surface area contributed by atoms with Crippen LogP contribution in [-0.4, -0.2) is 6.54 Å². The average molecular weight is 326 g/mol. The van der Waals surface area contributed by atoms with Gasteiger partial charge in [-0.15, -0.1) is 0 Å². The first-order chi connectivity index (χ1) is 10.1. The average Bonchev–Trinajstić information content (AvgIpc) is 2.47. The molecule has 0 aliphatic rings. The van der Waals surface area contributed by atoms with Gasteiger partial charge in [0.25, 0.3) is 0 Å². The summed E-state index contributed by atoms with van der Waals surface area (Å²) in [6, 6.07) is 12.1. The summed E-state index contributed by atoms with van der Waals surface area (Å²) in [7, 11) is 0. The van der Waals surface area contributed by atoms with E-state index in [1.54, 1.807) is 24.3 Å². The lowest BCUT2D eigenvalue weighted by atomic mass is 9.98. The van der Waals surface area contributed by atoms with E-state index in [1.807, 2.05) is 12.1 Å². The Morgan fingerprint density at radius 3 is 2.67 bits per heavy atom. The van der Waals surface area contributed by atoms with Crippen molar-refractivity contribution in [1.29, 1.82) is 0 Å². The second kappa shape index (κ2) is 7.79. The third kappa shape index (κ3) is 4.70. The molecule has 2 aromatic rings. The highest BCUT2D eigenvalue weighted by Gasteiger charge is 2.14. The van der Waals surface area contributed by atoms with Crippen LogP contribution in [0.15, 0.2) is 42.5 Å². The lowest BCUT2D eigenvalue weighted by molar-refractivity contribution is 0.524. The van der Waals surface area contributed by atoms with E-state index in [1.165, 1.54) is 6.07 Å². The lowest BCUT2D eigenvalue weighted by Crippen LogP contribution is -2.24. The van der Waals surface area contributed by atoms with Gasteiger partial charge in [-0.3, -0.25) is 0 Å². The first-order valence-electron chi connectivity index (χ1n) is 7.03. The van der Waals surface area contributed by atoms with Crippen LogP contribution in [0.4, 0.5) is 4.39 Å². The van der Waals surface area contributed by atoms with Gasteiger partial charge in [0.1, 0.15) is 5.82 Å². The standard InChI is InChI=1S/C17H18Cl2FN/c1-2-8-21-17(12-4-3-5-15(20)10-12)11-13-9-14(18)6-7-16(13)19/h3-7,9-10,17,21H,2,8,11H2,1H3. The van der Waals surface area contributed by atoms with E-state index in [4.69, 9.17) is 23.2 Å². The largest absolute Gasteiger partial charge is 0.310 e. The number of rotatable bonds is 6. The highest BCUT2D eigenvalue weighted by molar-refractivity contribution is 6.33. The number of hydrogen-bond donors (Lipinski definition) is 1. The zero-order chi connectivity index (χ0) is 15.2. The predicted molar refractivity (Wildman–Crippen MR) is 87.6 cm³/mol. The van der Waals surface area contributed by atoms with Crippen LogP contribution < -0.4 is 5.32 Å². The molecule has 0 aromatic heterocycles. The van der Waals surface area contributed by atoms with E-state index in [9.17, 15) is 4.39 Å². The van der Waals surface area contributed by atoms with Crippen molar-refractivity contribution in [3.8, 4) is 0 Å². The second-order valence-corrected chi connectivity index (χ2v) is 5.85. The molecule has 0 amide bonds. The Morgan fingerprint density at radius 2 is 1.95 bits per heavy atom. The summed E-state index contributed by atoms with van der Waals surface area (Å²) < 4.78 is 13.5. The van der Waals surface area contributed by atoms with Gasteiger partial charge >= 0.3 is 0 Å². The van der Waals surface area contributed by atoms with Crippen molar-refractivity contribution in [3.05, 3.63) is 69.5 Å². The minimum atomic E-state index is -0.229. The Kier molecular flexibility index (Phi) is 6.04. The van der Waals surface area contributed by atoms with Crippen molar-refractivity contribution >= 4 is 23.2 Å². The quantitative estimate of drug-likeness (QED) is 0.748. The molecule has 112 valence electrons. The van der Waals surface area contributed by atoms with E-state index < -0.39 is 0 Å². The van der Waals surface area contributed by atoms with Crippen LogP contribution in [-0.2, 0) is 6.42 Å². The van der Waals surface area contributed by atoms with Gasteiger partial charge in [-0.05, 0) is 60.8 Å². The van der Waals surface area contributed by atoms with Gasteiger partial charge in [0, 0.05) is 16.1 Å². The molecule has 0 fully saturated rings. The monoisotopic (exact) mass is 325 g/mol. The summed E-state index contributed by atoms with van der Waals surface area (Å²) in [5, 5.41) is 4.77. The Hall–Kier alpha value is -1.09. The molecule has 0 aliphatic heterocycles. The molecular formula is C17H18Cl2FN. The molecule has 0 saturated carbocycles. The van der Waals surface area contributed by atoms with Gasteiger partial charge in [-0.1, -0.05) is 42.3 Å². The maximum atomic E-state index is 13.5. The van der Waals surface area contributed by atoms with Crippen LogP contribution in [0.3, 0.4) is 0 Å².